The summed E-state index contributed by atoms with van der Waals surface area (Å²) >= 11 is 3.25. The van der Waals surface area contributed by atoms with Gasteiger partial charge < -0.3 is 5.11 Å². The first-order valence-electron chi connectivity index (χ1n) is 6.17. The van der Waals surface area contributed by atoms with Gasteiger partial charge in [-0.05, 0) is 36.4 Å². The number of amides is 2. The summed E-state index contributed by atoms with van der Waals surface area (Å²) in [5.41, 5.74) is 4.61. The summed E-state index contributed by atoms with van der Waals surface area (Å²) < 4.78 is 0.823. The van der Waals surface area contributed by atoms with E-state index in [1.54, 1.807) is 24.3 Å². The minimum atomic E-state index is -1.22. The van der Waals surface area contributed by atoms with Crippen molar-refractivity contribution in [1.29, 1.82) is 0 Å². The fourth-order valence-corrected chi connectivity index (χ4v) is 1.99. The Bertz CT molecular complexity index is 729. The molecule has 6 nitrogen and oxygen atoms in total. The van der Waals surface area contributed by atoms with E-state index < -0.39 is 17.8 Å². The van der Waals surface area contributed by atoms with Crippen molar-refractivity contribution >= 4 is 33.7 Å². The van der Waals surface area contributed by atoms with Crippen LogP contribution in [-0.2, 0) is 0 Å². The van der Waals surface area contributed by atoms with Crippen LogP contribution in [0, 0.1) is 0 Å². The lowest BCUT2D eigenvalue weighted by atomic mass is 10.1. The number of carboxylic acid groups (broad SMARTS) is 1. The molecule has 112 valence electrons. The van der Waals surface area contributed by atoms with Crippen LogP contribution in [0.4, 0.5) is 0 Å². The Kier molecular flexibility index (Phi) is 4.90. The Morgan fingerprint density at radius 3 is 1.95 bits per heavy atom. The molecular formula is C15H11BrN2O4. The van der Waals surface area contributed by atoms with Crippen LogP contribution in [0.3, 0.4) is 0 Å². The molecule has 0 saturated carbocycles. The largest absolute Gasteiger partial charge is 0.478 e. The topological polar surface area (TPSA) is 95.5 Å². The molecule has 2 aromatic carbocycles. The van der Waals surface area contributed by atoms with Gasteiger partial charge in [0.25, 0.3) is 11.8 Å². The molecule has 0 unspecified atom stereocenters. The first-order valence-corrected chi connectivity index (χ1v) is 6.97. The lowest BCUT2D eigenvalue weighted by molar-refractivity contribution is 0.0690. The Labute approximate surface area is 134 Å². The lowest BCUT2D eigenvalue weighted by Gasteiger charge is -2.09. The van der Waals surface area contributed by atoms with E-state index in [-0.39, 0.29) is 11.1 Å². The summed E-state index contributed by atoms with van der Waals surface area (Å²) in [6, 6.07) is 12.3. The monoisotopic (exact) mass is 362 g/mol. The maximum Gasteiger partial charge on any atom is 0.336 e. The molecule has 3 N–H and O–H groups in total. The van der Waals surface area contributed by atoms with Gasteiger partial charge in [0, 0.05) is 10.0 Å². The van der Waals surface area contributed by atoms with Crippen molar-refractivity contribution in [3.63, 3.8) is 0 Å². The molecule has 2 amide bonds. The summed E-state index contributed by atoms with van der Waals surface area (Å²) in [6.07, 6.45) is 0. The fourth-order valence-electron chi connectivity index (χ4n) is 1.72. The first-order chi connectivity index (χ1) is 10.5. The predicted molar refractivity (Wildman–Crippen MR) is 82.5 cm³/mol. The first kappa shape index (κ1) is 15.7. The van der Waals surface area contributed by atoms with Crippen molar-refractivity contribution in [2.24, 2.45) is 0 Å². The normalized spacial score (nSPS) is 9.86. The van der Waals surface area contributed by atoms with Gasteiger partial charge in [0.05, 0.1) is 11.1 Å². The van der Waals surface area contributed by atoms with E-state index in [1.165, 1.54) is 24.3 Å². The van der Waals surface area contributed by atoms with Crippen LogP contribution in [0.2, 0.25) is 0 Å². The summed E-state index contributed by atoms with van der Waals surface area (Å²) in [5, 5.41) is 9.02. The van der Waals surface area contributed by atoms with E-state index >= 15 is 0 Å². The number of aromatic carboxylic acids is 1. The highest BCUT2D eigenvalue weighted by Crippen LogP contribution is 2.10. The van der Waals surface area contributed by atoms with Crippen LogP contribution in [0.25, 0.3) is 0 Å². The molecule has 2 aromatic rings. The maximum atomic E-state index is 12.0. The smallest absolute Gasteiger partial charge is 0.336 e. The number of hydrogen-bond acceptors (Lipinski definition) is 3. The van der Waals surface area contributed by atoms with Crippen molar-refractivity contribution in [1.82, 2.24) is 10.9 Å². The maximum absolute atomic E-state index is 12.0. The number of hydrogen-bond donors (Lipinski definition) is 3. The van der Waals surface area contributed by atoms with Gasteiger partial charge in [0.2, 0.25) is 0 Å². The standard InChI is InChI=1S/C15H11BrN2O4/c16-10-7-5-9(6-8-10)13(19)17-18-14(20)11-3-1-2-4-12(11)15(21)22/h1-8H,(H,17,19)(H,18,20)(H,21,22). The summed E-state index contributed by atoms with van der Waals surface area (Å²) in [5.74, 6) is -2.43. The Morgan fingerprint density at radius 1 is 0.818 bits per heavy atom. The van der Waals surface area contributed by atoms with E-state index in [1.807, 2.05) is 0 Å². The highest BCUT2D eigenvalue weighted by Gasteiger charge is 2.16. The molecule has 0 saturated heterocycles. The van der Waals surface area contributed by atoms with Gasteiger partial charge in [-0.1, -0.05) is 28.1 Å². The second-order valence-electron chi connectivity index (χ2n) is 4.27. The lowest BCUT2D eigenvalue weighted by Crippen LogP contribution is -2.42. The quantitative estimate of drug-likeness (QED) is 0.729. The van der Waals surface area contributed by atoms with Gasteiger partial charge >= 0.3 is 5.97 Å². The molecule has 0 fully saturated rings. The average Bonchev–Trinajstić information content (AvgIpc) is 2.53. The second kappa shape index (κ2) is 6.86. The van der Waals surface area contributed by atoms with Crippen LogP contribution in [0.15, 0.2) is 53.0 Å². The van der Waals surface area contributed by atoms with Gasteiger partial charge in [-0.2, -0.15) is 0 Å². The highest BCUT2D eigenvalue weighted by molar-refractivity contribution is 9.10. The van der Waals surface area contributed by atoms with Gasteiger partial charge in [-0.15, -0.1) is 0 Å². The molecule has 7 heteroatoms. The number of carbonyl (C=O) groups excluding carboxylic acids is 2. The van der Waals surface area contributed by atoms with Gasteiger partial charge in [0.15, 0.2) is 0 Å². The molecule has 0 atom stereocenters. The third-order valence-corrected chi connectivity index (χ3v) is 3.33. The zero-order valence-corrected chi connectivity index (χ0v) is 12.8. The number of carboxylic acids is 1. The highest BCUT2D eigenvalue weighted by atomic mass is 79.9. The molecule has 0 aliphatic rings. The number of halogens is 1. The molecule has 0 heterocycles. The third kappa shape index (κ3) is 3.70. The molecule has 0 aromatic heterocycles. The predicted octanol–water partition coefficient (Wildman–Crippen LogP) is 2.22. The van der Waals surface area contributed by atoms with Crippen LogP contribution < -0.4 is 10.9 Å². The van der Waals surface area contributed by atoms with Crippen molar-refractivity contribution in [2.75, 3.05) is 0 Å². The minimum Gasteiger partial charge on any atom is -0.478 e. The van der Waals surface area contributed by atoms with Crippen molar-refractivity contribution in [3.05, 3.63) is 69.7 Å². The van der Waals surface area contributed by atoms with Crippen LogP contribution in [0.5, 0.6) is 0 Å². The van der Waals surface area contributed by atoms with Crippen LogP contribution in [-0.4, -0.2) is 22.9 Å². The van der Waals surface area contributed by atoms with Crippen LogP contribution >= 0.6 is 15.9 Å². The SMILES string of the molecule is O=C(NNC(=O)c1ccccc1C(=O)O)c1ccc(Br)cc1. The number of nitrogens with one attached hydrogen (secondary N) is 2. The zero-order chi connectivity index (χ0) is 16.1. The Balaban J connectivity index is 2.06. The van der Waals surface area contributed by atoms with Crippen LogP contribution in [0.1, 0.15) is 31.1 Å². The van der Waals surface area contributed by atoms with Gasteiger partial charge in [0.1, 0.15) is 0 Å². The second-order valence-corrected chi connectivity index (χ2v) is 5.18. The van der Waals surface area contributed by atoms with Crippen molar-refractivity contribution in [3.8, 4) is 0 Å². The molecule has 0 bridgehead atoms. The Morgan fingerprint density at radius 2 is 1.36 bits per heavy atom. The molecule has 0 aliphatic carbocycles. The molecule has 0 spiro atoms. The summed E-state index contributed by atoms with van der Waals surface area (Å²) in [4.78, 5) is 34.9. The number of rotatable bonds is 3. The molecule has 0 radical (unpaired) electrons. The molecule has 22 heavy (non-hydrogen) atoms. The third-order valence-electron chi connectivity index (χ3n) is 2.80. The number of benzene rings is 2. The summed E-state index contributed by atoms with van der Waals surface area (Å²) in [6.45, 7) is 0. The van der Waals surface area contributed by atoms with Crippen molar-refractivity contribution < 1.29 is 19.5 Å². The summed E-state index contributed by atoms with van der Waals surface area (Å²) in [7, 11) is 0. The number of carbonyl (C=O) groups is 3. The molecule has 2 rings (SSSR count). The fraction of sp³-hybridized carbons (Fsp3) is 0. The van der Waals surface area contributed by atoms with E-state index in [0.717, 1.165) is 4.47 Å². The van der Waals surface area contributed by atoms with Gasteiger partial charge in [-0.3, -0.25) is 20.4 Å². The average molecular weight is 363 g/mol. The Hall–Kier alpha value is -2.67. The van der Waals surface area contributed by atoms with E-state index in [0.29, 0.717) is 5.56 Å². The number of hydrazine groups is 1. The zero-order valence-electron chi connectivity index (χ0n) is 11.2. The van der Waals surface area contributed by atoms with Crippen molar-refractivity contribution in [2.45, 2.75) is 0 Å². The van der Waals surface area contributed by atoms with E-state index in [4.69, 9.17) is 5.11 Å². The van der Waals surface area contributed by atoms with E-state index in [9.17, 15) is 14.4 Å². The minimum absolute atomic E-state index is 0.0360. The molecular weight excluding hydrogens is 352 g/mol. The van der Waals surface area contributed by atoms with Gasteiger partial charge in [-0.25, -0.2) is 4.79 Å². The molecule has 0 aliphatic heterocycles. The van der Waals surface area contributed by atoms with E-state index in [2.05, 4.69) is 26.8 Å².